The molecule has 0 aliphatic heterocycles. The van der Waals surface area contributed by atoms with Crippen LogP contribution in [0, 0.1) is 0 Å². The fraction of sp³-hybridized carbons (Fsp3) is 0.533. The number of carbonyl (C=O) groups is 1. The predicted octanol–water partition coefficient (Wildman–Crippen LogP) is 2.01. The summed E-state index contributed by atoms with van der Waals surface area (Å²) in [5, 5.41) is 0.443. The molecule has 7 heteroatoms. The lowest BCUT2D eigenvalue weighted by molar-refractivity contribution is -0.144. The molecule has 6 nitrogen and oxygen atoms in total. The Morgan fingerprint density at radius 1 is 1.14 bits per heavy atom. The quantitative estimate of drug-likeness (QED) is 0.551. The number of rotatable bonds is 9. The van der Waals surface area contributed by atoms with E-state index in [4.69, 9.17) is 19.5 Å². The highest BCUT2D eigenvalue weighted by Gasteiger charge is 2.30. The Bertz CT molecular complexity index is 524. The van der Waals surface area contributed by atoms with Gasteiger partial charge in [-0.2, -0.15) is 0 Å². The molecule has 1 aromatic carbocycles. The van der Waals surface area contributed by atoms with Crippen molar-refractivity contribution in [1.82, 2.24) is 0 Å². The molecule has 1 atom stereocenters. The second-order valence-electron chi connectivity index (χ2n) is 4.52. The zero-order valence-corrected chi connectivity index (χ0v) is 14.2. The van der Waals surface area contributed by atoms with E-state index in [-0.39, 0.29) is 26.2 Å². The van der Waals surface area contributed by atoms with Crippen LogP contribution < -0.4 is 11.0 Å². The van der Waals surface area contributed by atoms with Crippen LogP contribution in [0.5, 0.6) is 0 Å². The summed E-state index contributed by atoms with van der Waals surface area (Å²) in [6, 6.07) is 6.16. The van der Waals surface area contributed by atoms with E-state index in [1.54, 1.807) is 45.0 Å². The van der Waals surface area contributed by atoms with Crippen LogP contribution in [0.15, 0.2) is 24.3 Å². The molecule has 0 spiro atoms. The summed E-state index contributed by atoms with van der Waals surface area (Å²) in [6.07, 6.45) is 0.207. The SMILES string of the molecule is CCOC(=O)[C@@H](N)Cc1ccccc1P(=O)(OCC)OCC. The summed E-state index contributed by atoms with van der Waals surface area (Å²) in [6.45, 7) is 6.00. The third-order valence-corrected chi connectivity index (χ3v) is 5.14. The Kier molecular flexibility index (Phi) is 7.76. The van der Waals surface area contributed by atoms with Gasteiger partial charge in [-0.1, -0.05) is 18.2 Å². The molecule has 124 valence electrons. The number of nitrogens with two attached hydrogens (primary N) is 1. The van der Waals surface area contributed by atoms with Crippen molar-refractivity contribution in [2.45, 2.75) is 33.2 Å². The van der Waals surface area contributed by atoms with Gasteiger partial charge in [0.25, 0.3) is 0 Å². The first-order valence-electron chi connectivity index (χ1n) is 7.38. The van der Waals surface area contributed by atoms with Gasteiger partial charge in [0.05, 0.1) is 25.1 Å². The predicted molar refractivity (Wildman–Crippen MR) is 85.2 cm³/mol. The molecule has 0 bridgehead atoms. The van der Waals surface area contributed by atoms with Crippen LogP contribution >= 0.6 is 7.60 Å². The van der Waals surface area contributed by atoms with Crippen molar-refractivity contribution in [1.29, 1.82) is 0 Å². The van der Waals surface area contributed by atoms with E-state index in [9.17, 15) is 9.36 Å². The summed E-state index contributed by atoms with van der Waals surface area (Å²) >= 11 is 0. The normalized spacial score (nSPS) is 12.9. The van der Waals surface area contributed by atoms with E-state index < -0.39 is 19.6 Å². The lowest BCUT2D eigenvalue weighted by Gasteiger charge is -2.21. The molecule has 1 aromatic rings. The van der Waals surface area contributed by atoms with Gasteiger partial charge in [-0.25, -0.2) is 0 Å². The molecule has 0 aliphatic carbocycles. The van der Waals surface area contributed by atoms with E-state index >= 15 is 0 Å². The van der Waals surface area contributed by atoms with E-state index in [0.717, 1.165) is 0 Å². The molecule has 0 fully saturated rings. The van der Waals surface area contributed by atoms with Gasteiger partial charge in [0.15, 0.2) is 0 Å². The molecule has 0 amide bonds. The average Bonchev–Trinajstić information content (AvgIpc) is 2.48. The first-order chi connectivity index (χ1) is 10.5. The number of carbonyl (C=O) groups excluding carboxylic acids is 1. The fourth-order valence-electron chi connectivity index (χ4n) is 2.04. The Morgan fingerprint density at radius 2 is 1.73 bits per heavy atom. The molecule has 0 aromatic heterocycles. The standard InChI is InChI=1S/C15H24NO5P/c1-4-19-15(17)13(16)11-12-9-7-8-10-14(12)22(18,20-5-2)21-6-3/h7-10,13H,4-6,11,16H2,1-3H3/t13-/m0/s1. The van der Waals surface area contributed by atoms with Crippen LogP contribution in [0.25, 0.3) is 0 Å². The lowest BCUT2D eigenvalue weighted by atomic mass is 10.1. The van der Waals surface area contributed by atoms with E-state index in [1.807, 2.05) is 0 Å². The van der Waals surface area contributed by atoms with E-state index in [1.165, 1.54) is 0 Å². The molecule has 0 radical (unpaired) electrons. The Balaban J connectivity index is 3.07. The maximum absolute atomic E-state index is 12.9. The summed E-state index contributed by atoms with van der Waals surface area (Å²) in [5.74, 6) is -0.486. The molecule has 22 heavy (non-hydrogen) atoms. The van der Waals surface area contributed by atoms with Crippen molar-refractivity contribution < 1.29 is 23.1 Å². The van der Waals surface area contributed by atoms with Crippen molar-refractivity contribution in [3.05, 3.63) is 29.8 Å². The molecule has 0 saturated heterocycles. The monoisotopic (exact) mass is 329 g/mol. The molecule has 1 rings (SSSR count). The molecule has 0 heterocycles. The van der Waals surface area contributed by atoms with Crippen molar-refractivity contribution >= 4 is 18.9 Å². The highest BCUT2D eigenvalue weighted by Crippen LogP contribution is 2.47. The van der Waals surface area contributed by atoms with Crippen molar-refractivity contribution in [2.24, 2.45) is 5.73 Å². The van der Waals surface area contributed by atoms with Gasteiger partial charge in [-0.15, -0.1) is 0 Å². The maximum atomic E-state index is 12.9. The van der Waals surface area contributed by atoms with Crippen LogP contribution in [-0.4, -0.2) is 31.8 Å². The van der Waals surface area contributed by atoms with E-state index in [0.29, 0.717) is 10.9 Å². The van der Waals surface area contributed by atoms with Gasteiger partial charge < -0.3 is 19.5 Å². The number of benzene rings is 1. The Morgan fingerprint density at radius 3 is 2.27 bits per heavy atom. The minimum Gasteiger partial charge on any atom is -0.465 e. The number of hydrogen-bond acceptors (Lipinski definition) is 6. The van der Waals surface area contributed by atoms with Crippen LogP contribution in [0.4, 0.5) is 0 Å². The molecule has 0 saturated carbocycles. The van der Waals surface area contributed by atoms with Crippen molar-refractivity contribution in [2.75, 3.05) is 19.8 Å². The molecule has 0 unspecified atom stereocenters. The van der Waals surface area contributed by atoms with Crippen LogP contribution in [0.1, 0.15) is 26.3 Å². The lowest BCUT2D eigenvalue weighted by Crippen LogP contribution is -2.35. The maximum Gasteiger partial charge on any atom is 0.361 e. The first kappa shape index (κ1) is 18.8. The molecular formula is C15H24NO5P. The number of esters is 1. The number of hydrogen-bond donors (Lipinski definition) is 1. The van der Waals surface area contributed by atoms with Gasteiger partial charge in [0, 0.05) is 0 Å². The highest BCUT2D eigenvalue weighted by molar-refractivity contribution is 7.62. The average molecular weight is 329 g/mol. The largest absolute Gasteiger partial charge is 0.465 e. The first-order valence-corrected chi connectivity index (χ1v) is 8.92. The second-order valence-corrected chi connectivity index (χ2v) is 6.52. The van der Waals surface area contributed by atoms with Gasteiger partial charge in [0.2, 0.25) is 0 Å². The van der Waals surface area contributed by atoms with Crippen LogP contribution in [0.2, 0.25) is 0 Å². The summed E-state index contributed by atoms with van der Waals surface area (Å²) in [5.41, 5.74) is 6.51. The minimum atomic E-state index is -3.42. The van der Waals surface area contributed by atoms with Gasteiger partial charge in [-0.3, -0.25) is 9.36 Å². The summed E-state index contributed by atoms with van der Waals surface area (Å²) < 4.78 is 28.5. The van der Waals surface area contributed by atoms with Gasteiger partial charge in [0.1, 0.15) is 6.04 Å². The topological polar surface area (TPSA) is 87.9 Å². The minimum absolute atomic E-state index is 0.207. The number of ether oxygens (including phenoxy) is 1. The zero-order valence-electron chi connectivity index (χ0n) is 13.3. The van der Waals surface area contributed by atoms with Crippen molar-refractivity contribution in [3.8, 4) is 0 Å². The van der Waals surface area contributed by atoms with Crippen LogP contribution in [-0.2, 0) is 29.6 Å². The van der Waals surface area contributed by atoms with Gasteiger partial charge in [-0.05, 0) is 38.8 Å². The second kappa shape index (κ2) is 9.06. The fourth-order valence-corrected chi connectivity index (χ4v) is 3.86. The van der Waals surface area contributed by atoms with E-state index in [2.05, 4.69) is 0 Å². The Hall–Kier alpha value is -1.20. The van der Waals surface area contributed by atoms with Gasteiger partial charge >= 0.3 is 13.6 Å². The third-order valence-electron chi connectivity index (χ3n) is 2.91. The van der Waals surface area contributed by atoms with Crippen molar-refractivity contribution in [3.63, 3.8) is 0 Å². The Labute approximate surface area is 131 Å². The third kappa shape index (κ3) is 4.92. The zero-order chi connectivity index (χ0) is 16.6. The summed E-state index contributed by atoms with van der Waals surface area (Å²) in [7, 11) is -3.42. The molecular weight excluding hydrogens is 305 g/mol. The molecule has 2 N–H and O–H groups in total. The summed E-state index contributed by atoms with van der Waals surface area (Å²) in [4.78, 5) is 11.7. The smallest absolute Gasteiger partial charge is 0.361 e. The van der Waals surface area contributed by atoms with Crippen LogP contribution in [0.3, 0.4) is 0 Å². The highest BCUT2D eigenvalue weighted by atomic mass is 31.2. The molecule has 0 aliphatic rings.